The van der Waals surface area contributed by atoms with Gasteiger partial charge >= 0.3 is 0 Å². The van der Waals surface area contributed by atoms with Gasteiger partial charge in [0.25, 0.3) is 0 Å². The zero-order valence-corrected chi connectivity index (χ0v) is 10.4. The second-order valence-corrected chi connectivity index (χ2v) is 4.67. The lowest BCUT2D eigenvalue weighted by Crippen LogP contribution is -2.45. The van der Waals surface area contributed by atoms with Gasteiger partial charge in [0.1, 0.15) is 6.67 Å². The molecule has 0 bridgehead atoms. The summed E-state index contributed by atoms with van der Waals surface area (Å²) in [6.45, 7) is 3.00. The molecule has 1 heterocycles. The van der Waals surface area contributed by atoms with E-state index in [2.05, 4.69) is 10.2 Å². The highest BCUT2D eigenvalue weighted by atomic mass is 35.5. The molecule has 2 rings (SSSR count). The standard InChI is InChI=1S/C12H17ClFN3/c13-9-1-2-11(15)10(7-9)12(8-14)17-5-3-16-4-6-17/h1-2,7,12,16H,3-6,8,15H2/t12-/m0/s1. The van der Waals surface area contributed by atoms with Crippen LogP contribution in [0.3, 0.4) is 0 Å². The minimum atomic E-state index is -0.440. The molecule has 0 unspecified atom stereocenters. The zero-order valence-electron chi connectivity index (χ0n) is 9.63. The van der Waals surface area contributed by atoms with Gasteiger partial charge < -0.3 is 11.1 Å². The van der Waals surface area contributed by atoms with Crippen LogP contribution >= 0.6 is 11.6 Å². The van der Waals surface area contributed by atoms with Crippen molar-refractivity contribution in [2.45, 2.75) is 6.04 Å². The Bertz CT molecular complexity index is 380. The van der Waals surface area contributed by atoms with Crippen molar-refractivity contribution < 1.29 is 4.39 Å². The topological polar surface area (TPSA) is 41.3 Å². The summed E-state index contributed by atoms with van der Waals surface area (Å²) in [4.78, 5) is 2.11. The monoisotopic (exact) mass is 257 g/mol. The Hall–Kier alpha value is -0.840. The number of anilines is 1. The van der Waals surface area contributed by atoms with Gasteiger partial charge in [-0.3, -0.25) is 4.90 Å². The Balaban J connectivity index is 2.24. The van der Waals surface area contributed by atoms with Crippen LogP contribution in [0.25, 0.3) is 0 Å². The average molecular weight is 258 g/mol. The SMILES string of the molecule is Nc1ccc(Cl)cc1[C@H](CF)N1CCNCC1. The smallest absolute Gasteiger partial charge is 0.109 e. The van der Waals surface area contributed by atoms with Crippen molar-refractivity contribution >= 4 is 17.3 Å². The number of benzene rings is 1. The average Bonchev–Trinajstić information content (AvgIpc) is 2.36. The number of halogens is 2. The van der Waals surface area contributed by atoms with Crippen LogP contribution in [0.1, 0.15) is 11.6 Å². The first-order valence-electron chi connectivity index (χ1n) is 5.78. The highest BCUT2D eigenvalue weighted by Gasteiger charge is 2.23. The number of nitrogens with zero attached hydrogens (tertiary/aromatic N) is 1. The van der Waals surface area contributed by atoms with Gasteiger partial charge in [0.05, 0.1) is 6.04 Å². The van der Waals surface area contributed by atoms with E-state index in [1.807, 2.05) is 0 Å². The Morgan fingerprint density at radius 3 is 2.76 bits per heavy atom. The van der Waals surface area contributed by atoms with Crippen molar-refractivity contribution in [2.75, 3.05) is 38.6 Å². The predicted molar refractivity (Wildman–Crippen MR) is 69.0 cm³/mol. The molecule has 1 aromatic carbocycles. The number of nitrogen functional groups attached to an aromatic ring is 1. The third-order valence-electron chi connectivity index (χ3n) is 3.15. The second-order valence-electron chi connectivity index (χ2n) is 4.23. The van der Waals surface area contributed by atoms with Gasteiger partial charge in [0.2, 0.25) is 0 Å². The van der Waals surface area contributed by atoms with Crippen LogP contribution in [-0.2, 0) is 0 Å². The lowest BCUT2D eigenvalue weighted by atomic mass is 10.0. The quantitative estimate of drug-likeness (QED) is 0.812. The molecule has 3 nitrogen and oxygen atoms in total. The molecule has 94 valence electrons. The molecule has 0 aliphatic carbocycles. The maximum absolute atomic E-state index is 13.3. The van der Waals surface area contributed by atoms with Gasteiger partial charge in [-0.05, 0) is 23.8 Å². The largest absolute Gasteiger partial charge is 0.398 e. The Morgan fingerprint density at radius 2 is 2.12 bits per heavy atom. The molecular formula is C12H17ClFN3. The first-order chi connectivity index (χ1) is 8.22. The fraction of sp³-hybridized carbons (Fsp3) is 0.500. The number of nitrogens with two attached hydrogens (primary N) is 1. The van der Waals surface area contributed by atoms with Gasteiger partial charge in [0.15, 0.2) is 0 Å². The second kappa shape index (κ2) is 5.67. The van der Waals surface area contributed by atoms with Gasteiger partial charge in [0, 0.05) is 36.9 Å². The molecule has 0 aromatic heterocycles. The fourth-order valence-electron chi connectivity index (χ4n) is 2.21. The molecule has 3 N–H and O–H groups in total. The van der Waals surface area contributed by atoms with E-state index in [9.17, 15) is 4.39 Å². The van der Waals surface area contributed by atoms with E-state index < -0.39 is 6.67 Å². The Labute approximate surface area is 106 Å². The van der Waals surface area contributed by atoms with E-state index >= 15 is 0 Å². The van der Waals surface area contributed by atoms with E-state index in [4.69, 9.17) is 17.3 Å². The molecule has 0 radical (unpaired) electrons. The van der Waals surface area contributed by atoms with E-state index in [0.29, 0.717) is 10.7 Å². The van der Waals surface area contributed by atoms with Crippen molar-refractivity contribution in [2.24, 2.45) is 0 Å². The van der Waals surface area contributed by atoms with Crippen LogP contribution < -0.4 is 11.1 Å². The number of nitrogens with one attached hydrogen (secondary N) is 1. The van der Waals surface area contributed by atoms with E-state index in [1.165, 1.54) is 0 Å². The molecule has 0 amide bonds. The summed E-state index contributed by atoms with van der Waals surface area (Å²) in [5, 5.41) is 3.85. The number of alkyl halides is 1. The first kappa shape index (κ1) is 12.6. The van der Waals surface area contributed by atoms with E-state index in [0.717, 1.165) is 31.7 Å². The minimum absolute atomic E-state index is 0.282. The minimum Gasteiger partial charge on any atom is -0.398 e. The highest BCUT2D eigenvalue weighted by Crippen LogP contribution is 2.29. The maximum atomic E-state index is 13.3. The first-order valence-corrected chi connectivity index (χ1v) is 6.16. The van der Waals surface area contributed by atoms with Gasteiger partial charge in [-0.25, -0.2) is 4.39 Å². The van der Waals surface area contributed by atoms with E-state index in [-0.39, 0.29) is 6.04 Å². The molecule has 1 aliphatic heterocycles. The molecule has 17 heavy (non-hydrogen) atoms. The molecular weight excluding hydrogens is 241 g/mol. The van der Waals surface area contributed by atoms with Crippen molar-refractivity contribution in [1.29, 1.82) is 0 Å². The molecule has 1 saturated heterocycles. The summed E-state index contributed by atoms with van der Waals surface area (Å²) < 4.78 is 13.3. The molecule has 1 aliphatic rings. The summed E-state index contributed by atoms with van der Waals surface area (Å²) in [6, 6.07) is 4.95. The Kier molecular flexibility index (Phi) is 4.20. The molecule has 1 aromatic rings. The van der Waals surface area contributed by atoms with E-state index in [1.54, 1.807) is 18.2 Å². The lowest BCUT2D eigenvalue weighted by molar-refractivity contribution is 0.148. The van der Waals surface area contributed by atoms with Crippen molar-refractivity contribution in [3.63, 3.8) is 0 Å². The normalized spacial score (nSPS) is 19.2. The van der Waals surface area contributed by atoms with Crippen LogP contribution in [0, 0.1) is 0 Å². The third-order valence-corrected chi connectivity index (χ3v) is 3.38. The zero-order chi connectivity index (χ0) is 12.3. The molecule has 0 saturated carbocycles. The summed E-state index contributed by atoms with van der Waals surface area (Å²) >= 11 is 5.95. The number of hydrogen-bond acceptors (Lipinski definition) is 3. The summed E-state index contributed by atoms with van der Waals surface area (Å²) in [5.74, 6) is 0. The highest BCUT2D eigenvalue weighted by molar-refractivity contribution is 6.30. The maximum Gasteiger partial charge on any atom is 0.109 e. The summed E-state index contributed by atoms with van der Waals surface area (Å²) in [6.07, 6.45) is 0. The summed E-state index contributed by atoms with van der Waals surface area (Å²) in [7, 11) is 0. The predicted octanol–water partition coefficient (Wildman–Crippen LogP) is 1.84. The van der Waals surface area contributed by atoms with Gasteiger partial charge in [-0.15, -0.1) is 0 Å². The fourth-order valence-corrected chi connectivity index (χ4v) is 2.39. The van der Waals surface area contributed by atoms with Crippen LogP contribution in [-0.4, -0.2) is 37.8 Å². The molecule has 1 atom stereocenters. The van der Waals surface area contributed by atoms with Crippen LogP contribution in [0.15, 0.2) is 18.2 Å². The lowest BCUT2D eigenvalue weighted by Gasteiger charge is -2.34. The van der Waals surface area contributed by atoms with Crippen molar-refractivity contribution in [3.05, 3.63) is 28.8 Å². The van der Waals surface area contributed by atoms with Crippen LogP contribution in [0.2, 0.25) is 5.02 Å². The van der Waals surface area contributed by atoms with Gasteiger partial charge in [-0.2, -0.15) is 0 Å². The van der Waals surface area contributed by atoms with Crippen molar-refractivity contribution in [3.8, 4) is 0 Å². The van der Waals surface area contributed by atoms with Crippen molar-refractivity contribution in [1.82, 2.24) is 10.2 Å². The third kappa shape index (κ3) is 2.89. The van der Waals surface area contributed by atoms with Crippen LogP contribution in [0.5, 0.6) is 0 Å². The number of hydrogen-bond donors (Lipinski definition) is 2. The number of piperazine rings is 1. The van der Waals surface area contributed by atoms with Gasteiger partial charge in [-0.1, -0.05) is 11.6 Å². The summed E-state index contributed by atoms with van der Waals surface area (Å²) in [5.41, 5.74) is 7.31. The van der Waals surface area contributed by atoms with Crippen LogP contribution in [0.4, 0.5) is 10.1 Å². The molecule has 0 spiro atoms. The number of rotatable bonds is 3. The Morgan fingerprint density at radius 1 is 1.41 bits per heavy atom. The molecule has 5 heteroatoms. The molecule has 1 fully saturated rings.